The van der Waals surface area contributed by atoms with Crippen LogP contribution in [0.3, 0.4) is 0 Å². The van der Waals surface area contributed by atoms with Crippen LogP contribution in [0.25, 0.3) is 0 Å². The van der Waals surface area contributed by atoms with Gasteiger partial charge in [-0.2, -0.15) is 0 Å². The van der Waals surface area contributed by atoms with Crippen molar-refractivity contribution in [3.63, 3.8) is 0 Å². The number of hydrogen-bond acceptors (Lipinski definition) is 3. The molecule has 1 unspecified atom stereocenters. The summed E-state index contributed by atoms with van der Waals surface area (Å²) < 4.78 is 4.88. The molecule has 0 heterocycles. The molecule has 0 aromatic rings. The van der Waals surface area contributed by atoms with E-state index in [0.717, 1.165) is 25.7 Å². The van der Waals surface area contributed by atoms with Crippen LogP contribution in [0.1, 0.15) is 39.0 Å². The third-order valence-electron chi connectivity index (χ3n) is 3.50. The van der Waals surface area contributed by atoms with Gasteiger partial charge in [-0.3, -0.25) is 9.59 Å². The first-order valence-electron chi connectivity index (χ1n) is 6.57. The van der Waals surface area contributed by atoms with Gasteiger partial charge in [0.15, 0.2) is 0 Å². The molecular weight excluding hydrogens is 234 g/mol. The quantitative estimate of drug-likeness (QED) is 0.783. The van der Waals surface area contributed by atoms with E-state index in [4.69, 9.17) is 9.84 Å². The van der Waals surface area contributed by atoms with Gasteiger partial charge in [0.05, 0.1) is 5.92 Å². The summed E-state index contributed by atoms with van der Waals surface area (Å²) in [7, 11) is 1.48. The van der Waals surface area contributed by atoms with Crippen molar-refractivity contribution in [3.05, 3.63) is 0 Å². The van der Waals surface area contributed by atoms with Gasteiger partial charge in [0, 0.05) is 19.7 Å². The van der Waals surface area contributed by atoms with Crippen molar-refractivity contribution >= 4 is 11.9 Å². The maximum atomic E-state index is 12.0. The van der Waals surface area contributed by atoms with E-state index in [1.165, 1.54) is 13.5 Å². The zero-order valence-corrected chi connectivity index (χ0v) is 11.2. The minimum atomic E-state index is -0.860. The summed E-state index contributed by atoms with van der Waals surface area (Å²) in [5.41, 5.74) is 0. The van der Waals surface area contributed by atoms with Crippen molar-refractivity contribution in [2.75, 3.05) is 20.3 Å². The summed E-state index contributed by atoms with van der Waals surface area (Å²) in [6, 6.07) is 0.184. The predicted octanol–water partition coefficient (Wildman–Crippen LogP) is 1.51. The minimum Gasteiger partial charge on any atom is -0.481 e. The van der Waals surface area contributed by atoms with Crippen LogP contribution in [-0.4, -0.2) is 48.2 Å². The first-order valence-corrected chi connectivity index (χ1v) is 6.57. The molecule has 0 spiro atoms. The largest absolute Gasteiger partial charge is 0.481 e. The van der Waals surface area contributed by atoms with Gasteiger partial charge in [0.2, 0.25) is 5.91 Å². The topological polar surface area (TPSA) is 66.8 Å². The number of carbonyl (C=O) groups is 2. The summed E-state index contributed by atoms with van der Waals surface area (Å²) in [5.74, 6) is -1.49. The fourth-order valence-corrected chi connectivity index (χ4v) is 2.43. The summed E-state index contributed by atoms with van der Waals surface area (Å²) in [6.45, 7) is 1.95. The average molecular weight is 257 g/mol. The molecule has 1 aliphatic rings. The van der Waals surface area contributed by atoms with Gasteiger partial charge in [-0.15, -0.1) is 0 Å². The number of amides is 1. The molecule has 1 N–H and O–H groups in total. The molecule has 1 saturated carbocycles. The van der Waals surface area contributed by atoms with Crippen LogP contribution in [-0.2, 0) is 14.3 Å². The highest BCUT2D eigenvalue weighted by molar-refractivity contribution is 5.79. The lowest BCUT2D eigenvalue weighted by Gasteiger charge is -2.35. The molecule has 104 valence electrons. The van der Waals surface area contributed by atoms with Crippen molar-refractivity contribution < 1.29 is 19.4 Å². The van der Waals surface area contributed by atoms with Gasteiger partial charge >= 0.3 is 5.97 Å². The third-order valence-corrected chi connectivity index (χ3v) is 3.50. The van der Waals surface area contributed by atoms with Crippen LogP contribution in [0.5, 0.6) is 0 Å². The van der Waals surface area contributed by atoms with Crippen LogP contribution in [0.4, 0.5) is 0 Å². The Morgan fingerprint density at radius 2 is 1.94 bits per heavy atom. The van der Waals surface area contributed by atoms with Crippen LogP contribution >= 0.6 is 0 Å². The van der Waals surface area contributed by atoms with E-state index in [2.05, 4.69) is 0 Å². The van der Waals surface area contributed by atoms with Crippen LogP contribution < -0.4 is 0 Å². The number of aliphatic carboxylic acids is 1. The van der Waals surface area contributed by atoms with Crippen LogP contribution in [0.2, 0.25) is 0 Å². The van der Waals surface area contributed by atoms with E-state index in [0.29, 0.717) is 0 Å². The first kappa shape index (κ1) is 15.0. The number of ether oxygens (including phenoxy) is 1. The maximum Gasteiger partial charge on any atom is 0.308 e. The molecule has 18 heavy (non-hydrogen) atoms. The van der Waals surface area contributed by atoms with Gasteiger partial charge in [-0.05, 0) is 12.8 Å². The number of carboxylic acids is 1. The van der Waals surface area contributed by atoms with Crippen molar-refractivity contribution in [1.29, 1.82) is 0 Å². The summed E-state index contributed by atoms with van der Waals surface area (Å²) in [4.78, 5) is 24.6. The Kier molecular flexibility index (Phi) is 6.12. The van der Waals surface area contributed by atoms with E-state index in [1.54, 1.807) is 11.8 Å². The molecule has 1 atom stereocenters. The summed E-state index contributed by atoms with van der Waals surface area (Å²) in [6.07, 6.45) is 5.38. The molecule has 0 saturated heterocycles. The Labute approximate surface area is 108 Å². The molecule has 1 fully saturated rings. The fourth-order valence-electron chi connectivity index (χ4n) is 2.43. The van der Waals surface area contributed by atoms with Crippen molar-refractivity contribution in [2.24, 2.45) is 5.92 Å². The van der Waals surface area contributed by atoms with E-state index in [1.807, 2.05) is 0 Å². The Balaban J connectivity index is 2.66. The Morgan fingerprint density at radius 3 is 2.44 bits per heavy atom. The number of hydrogen-bond donors (Lipinski definition) is 1. The van der Waals surface area contributed by atoms with Gasteiger partial charge in [-0.1, -0.05) is 26.2 Å². The molecule has 0 aromatic heterocycles. The SMILES string of the molecule is COCC(=O)N(CC(C)C(=O)O)C1CCCCC1. The maximum absolute atomic E-state index is 12.0. The molecule has 0 bridgehead atoms. The fraction of sp³-hybridized carbons (Fsp3) is 0.846. The second kappa shape index (κ2) is 7.36. The molecular formula is C13H23NO4. The van der Waals surface area contributed by atoms with Gasteiger partial charge in [-0.25, -0.2) is 0 Å². The molecule has 1 aliphatic carbocycles. The number of rotatable bonds is 6. The molecule has 1 rings (SSSR count). The lowest BCUT2D eigenvalue weighted by atomic mass is 9.93. The highest BCUT2D eigenvalue weighted by Crippen LogP contribution is 2.23. The molecule has 0 aromatic carbocycles. The molecule has 0 aliphatic heterocycles. The lowest BCUT2D eigenvalue weighted by molar-refractivity contribution is -0.145. The number of methoxy groups -OCH3 is 1. The van der Waals surface area contributed by atoms with E-state index in [-0.39, 0.29) is 25.1 Å². The lowest BCUT2D eigenvalue weighted by Crippen LogP contribution is -2.46. The Morgan fingerprint density at radius 1 is 1.33 bits per heavy atom. The van der Waals surface area contributed by atoms with Crippen LogP contribution in [0, 0.1) is 5.92 Å². The van der Waals surface area contributed by atoms with Gasteiger partial charge in [0.1, 0.15) is 6.61 Å². The minimum absolute atomic E-state index is 0.0306. The number of carbonyl (C=O) groups excluding carboxylic acids is 1. The third kappa shape index (κ3) is 4.29. The highest BCUT2D eigenvalue weighted by atomic mass is 16.5. The summed E-state index contributed by atoms with van der Waals surface area (Å²) in [5, 5.41) is 8.97. The van der Waals surface area contributed by atoms with Crippen molar-refractivity contribution in [2.45, 2.75) is 45.1 Å². The first-order chi connectivity index (χ1) is 8.56. The predicted molar refractivity (Wildman–Crippen MR) is 67.3 cm³/mol. The zero-order valence-electron chi connectivity index (χ0n) is 11.2. The van der Waals surface area contributed by atoms with Gasteiger partial charge in [0.25, 0.3) is 0 Å². The smallest absolute Gasteiger partial charge is 0.308 e. The summed E-state index contributed by atoms with van der Waals surface area (Å²) >= 11 is 0. The zero-order chi connectivity index (χ0) is 13.5. The van der Waals surface area contributed by atoms with E-state index < -0.39 is 11.9 Å². The highest BCUT2D eigenvalue weighted by Gasteiger charge is 2.28. The van der Waals surface area contributed by atoms with Gasteiger partial charge < -0.3 is 14.7 Å². The molecule has 1 amide bonds. The van der Waals surface area contributed by atoms with Crippen LogP contribution in [0.15, 0.2) is 0 Å². The number of carboxylic acid groups (broad SMARTS) is 1. The Bertz CT molecular complexity index is 287. The monoisotopic (exact) mass is 257 g/mol. The second-order valence-corrected chi connectivity index (χ2v) is 5.01. The molecule has 5 heteroatoms. The average Bonchev–Trinajstić information content (AvgIpc) is 2.36. The number of nitrogens with zero attached hydrogens (tertiary/aromatic N) is 1. The standard InChI is InChI=1S/C13H23NO4/c1-10(13(16)17)8-14(12(15)9-18-2)11-6-4-3-5-7-11/h10-11H,3-9H2,1-2H3,(H,16,17). The van der Waals surface area contributed by atoms with Crippen molar-refractivity contribution in [1.82, 2.24) is 4.90 Å². The van der Waals surface area contributed by atoms with Crippen molar-refractivity contribution in [3.8, 4) is 0 Å². The van der Waals surface area contributed by atoms with E-state index in [9.17, 15) is 9.59 Å². The second-order valence-electron chi connectivity index (χ2n) is 5.01. The molecule has 0 radical (unpaired) electrons. The molecule has 5 nitrogen and oxygen atoms in total. The Hall–Kier alpha value is -1.10. The normalized spacial score (nSPS) is 18.3. The van der Waals surface area contributed by atoms with E-state index >= 15 is 0 Å².